The maximum absolute atomic E-state index is 13.2. The Morgan fingerprint density at radius 2 is 1.73 bits per heavy atom. The first-order valence-corrected chi connectivity index (χ1v) is 17.5. The first-order valence-electron chi connectivity index (χ1n) is 16.0. The van der Waals surface area contributed by atoms with Gasteiger partial charge in [-0.05, 0) is 116 Å². The number of fused-ring (bicyclic) bond motifs is 3. The quantitative estimate of drug-likeness (QED) is 0.271. The van der Waals surface area contributed by atoms with Crippen LogP contribution in [-0.4, -0.2) is 39.5 Å². The molecule has 0 unspecified atom stereocenters. The second-order valence-corrected chi connectivity index (χ2v) is 15.6. The van der Waals surface area contributed by atoms with Gasteiger partial charge in [0.15, 0.2) is 0 Å². The van der Waals surface area contributed by atoms with Gasteiger partial charge in [0.2, 0.25) is 0 Å². The number of allylic oxidation sites excluding steroid dienone is 3. The Balaban J connectivity index is 1.18. The number of ether oxygens (including phenoxy) is 1. The van der Waals surface area contributed by atoms with E-state index in [2.05, 4.69) is 54.9 Å². The van der Waals surface area contributed by atoms with Gasteiger partial charge in [-0.25, -0.2) is 17.9 Å². The van der Waals surface area contributed by atoms with Crippen molar-refractivity contribution in [1.82, 2.24) is 15.4 Å². The normalized spacial score (nSPS) is 29.3. The van der Waals surface area contributed by atoms with Gasteiger partial charge in [0.05, 0.1) is 12.0 Å². The van der Waals surface area contributed by atoms with Crippen molar-refractivity contribution < 1.29 is 22.7 Å². The molecule has 8 nitrogen and oxygen atoms in total. The van der Waals surface area contributed by atoms with Crippen molar-refractivity contribution in [2.75, 3.05) is 13.7 Å². The third-order valence-corrected chi connectivity index (χ3v) is 12.2. The summed E-state index contributed by atoms with van der Waals surface area (Å²) in [5.41, 5.74) is 2.60. The van der Waals surface area contributed by atoms with Crippen LogP contribution >= 0.6 is 0 Å². The minimum Gasteiger partial charge on any atom is -0.497 e. The number of carbonyl (C=O) groups is 2. The van der Waals surface area contributed by atoms with Crippen LogP contribution in [0.2, 0.25) is 0 Å². The highest BCUT2D eigenvalue weighted by Crippen LogP contribution is 2.61. The molecule has 9 heteroatoms. The van der Waals surface area contributed by atoms with Crippen molar-refractivity contribution in [2.45, 2.75) is 82.6 Å². The van der Waals surface area contributed by atoms with E-state index in [9.17, 15) is 18.0 Å². The van der Waals surface area contributed by atoms with E-state index in [0.29, 0.717) is 30.2 Å². The molecule has 3 N–H and O–H groups in total. The Labute approximate surface area is 268 Å². The van der Waals surface area contributed by atoms with Crippen LogP contribution in [-0.2, 0) is 16.4 Å². The number of rotatable bonds is 9. The van der Waals surface area contributed by atoms with Crippen LogP contribution in [0.4, 0.5) is 4.79 Å². The number of hydrogen-bond donors (Lipinski definition) is 3. The molecule has 0 aromatic heterocycles. The van der Waals surface area contributed by atoms with Gasteiger partial charge < -0.3 is 15.4 Å². The zero-order valence-electron chi connectivity index (χ0n) is 26.9. The lowest BCUT2D eigenvalue weighted by atomic mass is 9.47. The van der Waals surface area contributed by atoms with E-state index in [4.69, 9.17) is 4.74 Å². The predicted molar refractivity (Wildman–Crippen MR) is 177 cm³/mol. The third-order valence-electron chi connectivity index (χ3n) is 10.9. The Hall–Kier alpha value is -3.59. The molecule has 0 aliphatic heterocycles. The Bertz CT molecular complexity index is 1570. The number of methoxy groups -OCH3 is 1. The van der Waals surface area contributed by atoms with Crippen LogP contribution in [0.25, 0.3) is 0 Å². The second kappa shape index (κ2) is 12.7. The zero-order valence-corrected chi connectivity index (χ0v) is 27.8. The standard InChI is InChI=1S/C36H47N3O5S/c1-6-34(2)22-18-30-27(24-34)12-17-31-35(30,3)20-7-21-36(31,4)38-33(41)39-45(42,43)29-15-8-25(9-16-29)19-23-37-32(40)26-10-13-28(44-5)14-11-26/h6,8-16,30-31H,1,7,17-24H2,2-5H3,(H,37,40)(H2,38,39,41)/t30-,31+,34-,35+,36+/m0/s1. The lowest BCUT2D eigenvalue weighted by molar-refractivity contribution is -0.0271. The highest BCUT2D eigenvalue weighted by Gasteiger charge is 2.56. The molecular weight excluding hydrogens is 586 g/mol. The van der Waals surface area contributed by atoms with Crippen molar-refractivity contribution in [3.05, 3.63) is 84.0 Å². The molecule has 5 rings (SSSR count). The van der Waals surface area contributed by atoms with Crippen LogP contribution in [0.5, 0.6) is 5.75 Å². The van der Waals surface area contributed by atoms with Crippen LogP contribution in [0.1, 0.15) is 81.6 Å². The predicted octanol–water partition coefficient (Wildman–Crippen LogP) is 6.54. The van der Waals surface area contributed by atoms with Gasteiger partial charge in [0.25, 0.3) is 15.9 Å². The molecule has 0 radical (unpaired) electrons. The van der Waals surface area contributed by atoms with Gasteiger partial charge in [-0.3, -0.25) is 4.79 Å². The number of benzene rings is 2. The van der Waals surface area contributed by atoms with E-state index >= 15 is 0 Å². The summed E-state index contributed by atoms with van der Waals surface area (Å²) < 4.78 is 33.7. The van der Waals surface area contributed by atoms with Crippen molar-refractivity contribution in [3.8, 4) is 5.75 Å². The molecule has 0 heterocycles. The fourth-order valence-electron chi connectivity index (χ4n) is 8.22. The summed E-state index contributed by atoms with van der Waals surface area (Å²) in [7, 11) is -2.50. The van der Waals surface area contributed by atoms with Crippen LogP contribution in [0, 0.1) is 22.7 Å². The SMILES string of the molecule is C=C[C@@]1(C)CC[C@H]2C(=CC[C@@H]3[C@]2(C)CCC[C@@]3(C)NC(=O)NS(=O)(=O)c2ccc(CCNC(=O)c3ccc(OC)cc3)cc2)C1. The summed E-state index contributed by atoms with van der Waals surface area (Å²) in [6.45, 7) is 11.2. The number of urea groups is 1. The average molecular weight is 634 g/mol. The van der Waals surface area contributed by atoms with Crippen LogP contribution < -0.4 is 20.1 Å². The highest BCUT2D eigenvalue weighted by atomic mass is 32.2. The van der Waals surface area contributed by atoms with E-state index in [0.717, 1.165) is 50.5 Å². The molecule has 2 aromatic rings. The number of carbonyl (C=O) groups excluding carboxylic acids is 2. The van der Waals surface area contributed by atoms with Crippen molar-refractivity contribution in [3.63, 3.8) is 0 Å². The number of hydrogen-bond acceptors (Lipinski definition) is 5. The molecule has 242 valence electrons. The molecule has 3 amide bonds. The molecule has 0 bridgehead atoms. The van der Waals surface area contributed by atoms with E-state index in [1.807, 2.05) is 0 Å². The minimum absolute atomic E-state index is 0.0139. The monoisotopic (exact) mass is 633 g/mol. The highest BCUT2D eigenvalue weighted by molar-refractivity contribution is 7.90. The van der Waals surface area contributed by atoms with E-state index in [1.165, 1.54) is 17.7 Å². The number of nitrogens with one attached hydrogen (secondary N) is 3. The minimum atomic E-state index is -4.07. The van der Waals surface area contributed by atoms with E-state index in [1.54, 1.807) is 43.5 Å². The van der Waals surface area contributed by atoms with Crippen LogP contribution in [0.15, 0.2) is 77.7 Å². The summed E-state index contributed by atoms with van der Waals surface area (Å²) in [6, 6.07) is 12.5. The Morgan fingerprint density at radius 3 is 2.40 bits per heavy atom. The van der Waals surface area contributed by atoms with E-state index in [-0.39, 0.29) is 27.6 Å². The van der Waals surface area contributed by atoms with Gasteiger partial charge in [-0.1, -0.05) is 50.1 Å². The summed E-state index contributed by atoms with van der Waals surface area (Å²) in [4.78, 5) is 25.7. The summed E-state index contributed by atoms with van der Waals surface area (Å²) in [6.07, 6.45) is 12.1. The third kappa shape index (κ3) is 6.83. The smallest absolute Gasteiger partial charge is 0.329 e. The molecule has 2 fully saturated rings. The maximum Gasteiger partial charge on any atom is 0.329 e. The lowest BCUT2D eigenvalue weighted by Gasteiger charge is -2.59. The van der Waals surface area contributed by atoms with Gasteiger partial charge in [-0.2, -0.15) is 0 Å². The first-order chi connectivity index (χ1) is 21.3. The van der Waals surface area contributed by atoms with Crippen molar-refractivity contribution in [2.24, 2.45) is 22.7 Å². The molecule has 0 spiro atoms. The molecule has 2 aromatic carbocycles. The fourth-order valence-corrected chi connectivity index (χ4v) is 9.13. The number of amides is 3. The van der Waals surface area contributed by atoms with Gasteiger partial charge in [-0.15, -0.1) is 6.58 Å². The van der Waals surface area contributed by atoms with Crippen molar-refractivity contribution >= 4 is 22.0 Å². The number of sulfonamides is 1. The summed E-state index contributed by atoms with van der Waals surface area (Å²) in [5.74, 6) is 1.18. The zero-order chi connectivity index (χ0) is 32.5. The van der Waals surface area contributed by atoms with Gasteiger partial charge in [0.1, 0.15) is 5.75 Å². The Morgan fingerprint density at radius 1 is 1.02 bits per heavy atom. The fraction of sp³-hybridized carbons (Fsp3) is 0.500. The lowest BCUT2D eigenvalue weighted by Crippen LogP contribution is -2.63. The Kier molecular flexibility index (Phi) is 9.23. The second-order valence-electron chi connectivity index (χ2n) is 13.9. The van der Waals surface area contributed by atoms with Crippen molar-refractivity contribution in [1.29, 1.82) is 0 Å². The molecule has 3 aliphatic carbocycles. The largest absolute Gasteiger partial charge is 0.497 e. The molecule has 2 saturated carbocycles. The molecular formula is C36H47N3O5S. The van der Waals surface area contributed by atoms with E-state index < -0.39 is 21.6 Å². The van der Waals surface area contributed by atoms with Gasteiger partial charge in [0, 0.05) is 17.6 Å². The average Bonchev–Trinajstić information content (AvgIpc) is 3.00. The summed E-state index contributed by atoms with van der Waals surface area (Å²) >= 11 is 0. The maximum atomic E-state index is 13.2. The van der Waals surface area contributed by atoms with Crippen LogP contribution in [0.3, 0.4) is 0 Å². The van der Waals surface area contributed by atoms with Gasteiger partial charge >= 0.3 is 6.03 Å². The summed E-state index contributed by atoms with van der Waals surface area (Å²) in [5, 5.41) is 5.99. The molecule has 5 atom stereocenters. The first kappa shape index (κ1) is 32.8. The topological polar surface area (TPSA) is 114 Å². The molecule has 0 saturated heterocycles. The molecule has 45 heavy (non-hydrogen) atoms. The molecule has 3 aliphatic rings.